The maximum absolute atomic E-state index is 12.1. The van der Waals surface area contributed by atoms with Crippen molar-refractivity contribution in [3.63, 3.8) is 0 Å². The first-order chi connectivity index (χ1) is 10.1. The Kier molecular flexibility index (Phi) is 5.76. The number of thiophene rings is 1. The standard InChI is InChI=1S/C15H22N2O3S/c1-2-3-12-7-17(9-15(19)20)8-13(12)16-14(18)6-11-4-5-21-10-11/h4-5,10,12-13H,2-3,6-9H2,1H3,(H,16,18)(H,19,20)/t12-,13-/m1/s1. The van der Waals surface area contributed by atoms with Crippen molar-refractivity contribution >= 4 is 23.2 Å². The number of carbonyl (C=O) groups excluding carboxylic acids is 1. The Bertz CT molecular complexity index is 475. The molecule has 1 aromatic heterocycles. The predicted octanol–water partition coefficient (Wildman–Crippen LogP) is 1.59. The van der Waals surface area contributed by atoms with E-state index in [1.807, 2.05) is 21.7 Å². The summed E-state index contributed by atoms with van der Waals surface area (Å²) in [5.41, 5.74) is 1.03. The molecular formula is C15H22N2O3S. The van der Waals surface area contributed by atoms with Crippen molar-refractivity contribution in [2.75, 3.05) is 19.6 Å². The number of carboxylic acid groups (broad SMARTS) is 1. The number of rotatable bonds is 7. The summed E-state index contributed by atoms with van der Waals surface area (Å²) in [6, 6.07) is 2.02. The minimum atomic E-state index is -0.810. The molecule has 0 radical (unpaired) electrons. The lowest BCUT2D eigenvalue weighted by molar-refractivity contribution is -0.138. The van der Waals surface area contributed by atoms with E-state index in [0.29, 0.717) is 18.9 Å². The van der Waals surface area contributed by atoms with Crippen LogP contribution in [0.15, 0.2) is 16.8 Å². The number of nitrogens with one attached hydrogen (secondary N) is 1. The van der Waals surface area contributed by atoms with Crippen LogP contribution in [-0.2, 0) is 16.0 Å². The van der Waals surface area contributed by atoms with Gasteiger partial charge >= 0.3 is 5.97 Å². The molecule has 0 bridgehead atoms. The Morgan fingerprint density at radius 3 is 2.90 bits per heavy atom. The molecule has 0 aliphatic carbocycles. The van der Waals surface area contributed by atoms with Crippen molar-refractivity contribution in [3.8, 4) is 0 Å². The molecule has 2 rings (SSSR count). The summed E-state index contributed by atoms with van der Waals surface area (Å²) in [7, 11) is 0. The molecular weight excluding hydrogens is 288 g/mol. The van der Waals surface area contributed by atoms with E-state index < -0.39 is 5.97 Å². The molecule has 6 heteroatoms. The van der Waals surface area contributed by atoms with Gasteiger partial charge in [0, 0.05) is 19.1 Å². The van der Waals surface area contributed by atoms with Gasteiger partial charge in [0.2, 0.25) is 5.91 Å². The van der Waals surface area contributed by atoms with E-state index in [1.165, 1.54) is 0 Å². The van der Waals surface area contributed by atoms with Crippen molar-refractivity contribution in [1.82, 2.24) is 10.2 Å². The predicted molar refractivity (Wildman–Crippen MR) is 82.4 cm³/mol. The smallest absolute Gasteiger partial charge is 0.317 e. The highest BCUT2D eigenvalue weighted by Crippen LogP contribution is 2.21. The van der Waals surface area contributed by atoms with Gasteiger partial charge in [-0.2, -0.15) is 11.3 Å². The van der Waals surface area contributed by atoms with E-state index in [4.69, 9.17) is 5.11 Å². The molecule has 2 atom stereocenters. The Balaban J connectivity index is 1.89. The van der Waals surface area contributed by atoms with Crippen molar-refractivity contribution < 1.29 is 14.7 Å². The van der Waals surface area contributed by atoms with Crippen LogP contribution in [0.25, 0.3) is 0 Å². The van der Waals surface area contributed by atoms with E-state index in [0.717, 1.165) is 24.9 Å². The molecule has 5 nitrogen and oxygen atoms in total. The fraction of sp³-hybridized carbons (Fsp3) is 0.600. The maximum atomic E-state index is 12.1. The summed E-state index contributed by atoms with van der Waals surface area (Å²) >= 11 is 1.59. The molecule has 0 spiro atoms. The fourth-order valence-corrected chi connectivity index (χ4v) is 3.61. The highest BCUT2D eigenvalue weighted by Gasteiger charge is 2.33. The molecule has 21 heavy (non-hydrogen) atoms. The maximum Gasteiger partial charge on any atom is 0.317 e. The van der Waals surface area contributed by atoms with Crippen molar-refractivity contribution in [1.29, 1.82) is 0 Å². The first kappa shape index (κ1) is 16.0. The summed E-state index contributed by atoms with van der Waals surface area (Å²) in [5.74, 6) is -0.437. The van der Waals surface area contributed by atoms with Gasteiger partial charge in [-0.15, -0.1) is 0 Å². The second-order valence-corrected chi connectivity index (χ2v) is 6.40. The van der Waals surface area contributed by atoms with Gasteiger partial charge in [-0.3, -0.25) is 14.5 Å². The zero-order valence-electron chi connectivity index (χ0n) is 12.2. The lowest BCUT2D eigenvalue weighted by Crippen LogP contribution is -2.41. The molecule has 0 aromatic carbocycles. The number of aliphatic carboxylic acids is 1. The summed E-state index contributed by atoms with van der Waals surface area (Å²) in [4.78, 5) is 24.9. The van der Waals surface area contributed by atoms with Gasteiger partial charge in [0.25, 0.3) is 0 Å². The lowest BCUT2D eigenvalue weighted by atomic mass is 9.98. The van der Waals surface area contributed by atoms with Crippen LogP contribution in [0.2, 0.25) is 0 Å². The number of likely N-dealkylation sites (tertiary alicyclic amines) is 1. The van der Waals surface area contributed by atoms with Crippen LogP contribution >= 0.6 is 11.3 Å². The van der Waals surface area contributed by atoms with Crippen LogP contribution in [0.4, 0.5) is 0 Å². The number of nitrogens with zero attached hydrogens (tertiary/aromatic N) is 1. The highest BCUT2D eigenvalue weighted by molar-refractivity contribution is 7.07. The first-order valence-electron chi connectivity index (χ1n) is 7.33. The van der Waals surface area contributed by atoms with E-state index in [1.54, 1.807) is 11.3 Å². The quantitative estimate of drug-likeness (QED) is 0.802. The SMILES string of the molecule is CCC[C@@H]1CN(CC(=O)O)C[C@H]1NC(=O)Cc1ccsc1. The highest BCUT2D eigenvalue weighted by atomic mass is 32.1. The third kappa shape index (κ3) is 4.82. The zero-order valence-corrected chi connectivity index (χ0v) is 13.1. The fourth-order valence-electron chi connectivity index (χ4n) is 2.94. The normalized spacial score (nSPS) is 22.3. The number of hydrogen-bond donors (Lipinski definition) is 2. The number of carbonyl (C=O) groups is 2. The van der Waals surface area contributed by atoms with E-state index in [2.05, 4.69) is 12.2 Å². The molecule has 1 aliphatic rings. The summed E-state index contributed by atoms with van der Waals surface area (Å²) in [6.45, 7) is 3.55. The summed E-state index contributed by atoms with van der Waals surface area (Å²) in [5, 5.41) is 15.9. The molecule has 1 fully saturated rings. The van der Waals surface area contributed by atoms with Gasteiger partial charge in [-0.1, -0.05) is 13.3 Å². The largest absolute Gasteiger partial charge is 0.480 e. The van der Waals surface area contributed by atoms with Gasteiger partial charge in [-0.25, -0.2) is 0 Å². The summed E-state index contributed by atoms with van der Waals surface area (Å²) < 4.78 is 0. The molecule has 2 heterocycles. The molecule has 1 aromatic rings. The van der Waals surface area contributed by atoms with Crippen LogP contribution in [-0.4, -0.2) is 47.6 Å². The Labute approximate surface area is 129 Å². The Hall–Kier alpha value is -1.40. The minimum Gasteiger partial charge on any atom is -0.480 e. The van der Waals surface area contributed by atoms with Crippen LogP contribution in [0, 0.1) is 5.92 Å². The van der Waals surface area contributed by atoms with Gasteiger partial charge in [0.1, 0.15) is 0 Å². The molecule has 1 saturated heterocycles. The monoisotopic (exact) mass is 310 g/mol. The molecule has 2 N–H and O–H groups in total. The van der Waals surface area contributed by atoms with Gasteiger partial charge in [0.05, 0.1) is 13.0 Å². The van der Waals surface area contributed by atoms with Gasteiger partial charge in [-0.05, 0) is 34.7 Å². The average molecular weight is 310 g/mol. The lowest BCUT2D eigenvalue weighted by Gasteiger charge is -2.19. The van der Waals surface area contributed by atoms with Crippen LogP contribution in [0.5, 0.6) is 0 Å². The van der Waals surface area contributed by atoms with Gasteiger partial charge in [0.15, 0.2) is 0 Å². The van der Waals surface area contributed by atoms with Crippen LogP contribution < -0.4 is 5.32 Å². The van der Waals surface area contributed by atoms with Crippen molar-refractivity contribution in [3.05, 3.63) is 22.4 Å². The molecule has 1 amide bonds. The van der Waals surface area contributed by atoms with E-state index >= 15 is 0 Å². The molecule has 0 unspecified atom stereocenters. The van der Waals surface area contributed by atoms with Gasteiger partial charge < -0.3 is 10.4 Å². The third-order valence-electron chi connectivity index (χ3n) is 3.83. The van der Waals surface area contributed by atoms with Crippen LogP contribution in [0.1, 0.15) is 25.3 Å². The second kappa shape index (κ2) is 7.56. The first-order valence-corrected chi connectivity index (χ1v) is 8.27. The molecule has 116 valence electrons. The number of carboxylic acids is 1. The molecule has 1 aliphatic heterocycles. The third-order valence-corrected chi connectivity index (χ3v) is 4.56. The van der Waals surface area contributed by atoms with Crippen molar-refractivity contribution in [2.24, 2.45) is 5.92 Å². The Morgan fingerprint density at radius 2 is 2.29 bits per heavy atom. The molecule has 0 saturated carbocycles. The minimum absolute atomic E-state index is 0.0247. The number of hydrogen-bond acceptors (Lipinski definition) is 4. The van der Waals surface area contributed by atoms with E-state index in [9.17, 15) is 9.59 Å². The topological polar surface area (TPSA) is 69.6 Å². The second-order valence-electron chi connectivity index (χ2n) is 5.62. The average Bonchev–Trinajstić information content (AvgIpc) is 3.00. The summed E-state index contributed by atoms with van der Waals surface area (Å²) in [6.07, 6.45) is 2.46. The number of amides is 1. The van der Waals surface area contributed by atoms with E-state index in [-0.39, 0.29) is 18.5 Å². The van der Waals surface area contributed by atoms with Crippen molar-refractivity contribution in [2.45, 2.75) is 32.2 Å². The van der Waals surface area contributed by atoms with Crippen LogP contribution in [0.3, 0.4) is 0 Å². The Morgan fingerprint density at radius 1 is 1.48 bits per heavy atom. The zero-order chi connectivity index (χ0) is 15.2.